The zero-order chi connectivity index (χ0) is 16.8. The van der Waals surface area contributed by atoms with E-state index in [-0.39, 0.29) is 30.1 Å². The third kappa shape index (κ3) is 4.81. The van der Waals surface area contributed by atoms with E-state index < -0.39 is 11.9 Å². The Hall–Kier alpha value is -2.88. The molecule has 0 bridgehead atoms. The topological polar surface area (TPSA) is 160 Å². The van der Waals surface area contributed by atoms with Crippen LogP contribution in [0.2, 0.25) is 0 Å². The molecule has 23 heavy (non-hydrogen) atoms. The minimum atomic E-state index is -0.588. The lowest BCUT2D eigenvalue weighted by Crippen LogP contribution is -2.14. The molecule has 1 amide bonds. The van der Waals surface area contributed by atoms with Crippen molar-refractivity contribution in [3.05, 3.63) is 35.7 Å². The van der Waals surface area contributed by atoms with E-state index in [0.717, 1.165) is 11.8 Å². The highest BCUT2D eigenvalue weighted by Crippen LogP contribution is 2.23. The number of esters is 1. The SMILES string of the molecule is NC(=O)CSc1ccccc1C(=O)OCc1nc(N)nc(N)n1. The Morgan fingerprint density at radius 1 is 1.09 bits per heavy atom. The van der Waals surface area contributed by atoms with Crippen LogP contribution in [-0.4, -0.2) is 32.6 Å². The van der Waals surface area contributed by atoms with Gasteiger partial charge >= 0.3 is 5.97 Å². The van der Waals surface area contributed by atoms with E-state index in [9.17, 15) is 9.59 Å². The predicted molar refractivity (Wildman–Crippen MR) is 84.1 cm³/mol. The first kappa shape index (κ1) is 16.5. The van der Waals surface area contributed by atoms with Gasteiger partial charge in [0.15, 0.2) is 12.4 Å². The number of anilines is 2. The van der Waals surface area contributed by atoms with Crippen molar-refractivity contribution in [2.75, 3.05) is 17.2 Å². The molecule has 9 nitrogen and oxygen atoms in total. The smallest absolute Gasteiger partial charge is 0.339 e. The van der Waals surface area contributed by atoms with Crippen molar-refractivity contribution >= 4 is 35.5 Å². The molecule has 0 saturated heterocycles. The Kier molecular flexibility index (Phi) is 5.31. The predicted octanol–water partition coefficient (Wildman–Crippen LogP) is -0.0296. The molecule has 1 aromatic heterocycles. The first-order valence-corrected chi connectivity index (χ1v) is 7.37. The van der Waals surface area contributed by atoms with E-state index in [1.807, 2.05) is 0 Å². The lowest BCUT2D eigenvalue weighted by atomic mass is 10.2. The summed E-state index contributed by atoms with van der Waals surface area (Å²) in [5.74, 6) is -0.970. The molecule has 0 aliphatic heterocycles. The number of rotatable bonds is 6. The lowest BCUT2D eigenvalue weighted by Gasteiger charge is -2.08. The van der Waals surface area contributed by atoms with Gasteiger partial charge in [-0.3, -0.25) is 4.79 Å². The fourth-order valence-electron chi connectivity index (χ4n) is 1.64. The average Bonchev–Trinajstić information content (AvgIpc) is 2.50. The van der Waals surface area contributed by atoms with Gasteiger partial charge in [-0.2, -0.15) is 15.0 Å². The second kappa shape index (κ2) is 7.40. The van der Waals surface area contributed by atoms with Crippen LogP contribution in [0.15, 0.2) is 29.2 Å². The van der Waals surface area contributed by atoms with Crippen molar-refractivity contribution in [1.29, 1.82) is 0 Å². The molecule has 10 heteroatoms. The number of ether oxygens (including phenoxy) is 1. The van der Waals surface area contributed by atoms with Crippen LogP contribution in [0.25, 0.3) is 0 Å². The zero-order valence-corrected chi connectivity index (χ0v) is 12.7. The third-order valence-electron chi connectivity index (χ3n) is 2.53. The Morgan fingerprint density at radius 2 is 1.74 bits per heavy atom. The van der Waals surface area contributed by atoms with Crippen molar-refractivity contribution < 1.29 is 14.3 Å². The number of nitrogens with two attached hydrogens (primary N) is 3. The summed E-state index contributed by atoms with van der Waals surface area (Å²) in [4.78, 5) is 34.9. The summed E-state index contributed by atoms with van der Waals surface area (Å²) >= 11 is 1.15. The highest BCUT2D eigenvalue weighted by atomic mass is 32.2. The van der Waals surface area contributed by atoms with E-state index in [1.54, 1.807) is 24.3 Å². The number of nitrogens with zero attached hydrogens (tertiary/aromatic N) is 3. The van der Waals surface area contributed by atoms with Gasteiger partial charge in [-0.15, -0.1) is 11.8 Å². The van der Waals surface area contributed by atoms with Crippen LogP contribution in [0.4, 0.5) is 11.9 Å². The highest BCUT2D eigenvalue weighted by molar-refractivity contribution is 8.00. The molecule has 0 saturated carbocycles. The summed E-state index contributed by atoms with van der Waals surface area (Å²) in [7, 11) is 0. The Bertz CT molecular complexity index is 719. The molecule has 6 N–H and O–H groups in total. The van der Waals surface area contributed by atoms with Gasteiger partial charge in [0.25, 0.3) is 0 Å². The number of thioether (sulfide) groups is 1. The van der Waals surface area contributed by atoms with Gasteiger partial charge in [0.1, 0.15) is 0 Å². The summed E-state index contributed by atoms with van der Waals surface area (Å²) in [6, 6.07) is 6.71. The van der Waals surface area contributed by atoms with Gasteiger partial charge in [-0.25, -0.2) is 4.79 Å². The van der Waals surface area contributed by atoms with Crippen molar-refractivity contribution in [3.8, 4) is 0 Å². The van der Waals surface area contributed by atoms with Crippen LogP contribution >= 0.6 is 11.8 Å². The molecule has 0 aliphatic rings. The summed E-state index contributed by atoms with van der Waals surface area (Å²) < 4.78 is 5.14. The second-order valence-electron chi connectivity index (χ2n) is 4.30. The van der Waals surface area contributed by atoms with Gasteiger partial charge in [0.2, 0.25) is 17.8 Å². The molecule has 0 radical (unpaired) electrons. The van der Waals surface area contributed by atoms with E-state index in [1.165, 1.54) is 0 Å². The Morgan fingerprint density at radius 3 is 2.39 bits per heavy atom. The van der Waals surface area contributed by atoms with Gasteiger partial charge in [0, 0.05) is 4.90 Å². The molecular formula is C13H14N6O3S. The zero-order valence-electron chi connectivity index (χ0n) is 11.9. The van der Waals surface area contributed by atoms with Crippen LogP contribution < -0.4 is 17.2 Å². The number of carbonyl (C=O) groups is 2. The van der Waals surface area contributed by atoms with Crippen molar-refractivity contribution in [1.82, 2.24) is 15.0 Å². The minimum Gasteiger partial charge on any atom is -0.454 e. The molecule has 1 heterocycles. The maximum Gasteiger partial charge on any atom is 0.339 e. The number of amides is 1. The molecule has 0 spiro atoms. The Balaban J connectivity index is 2.07. The number of carbonyl (C=O) groups excluding carboxylic acids is 2. The molecule has 0 atom stereocenters. The standard InChI is InChI=1S/C13H14N6O3S/c14-9(20)6-23-8-4-2-1-3-7(8)11(21)22-5-10-17-12(15)19-13(16)18-10/h1-4H,5-6H2,(H2,14,20)(H4,15,16,17,18,19). The molecule has 0 fully saturated rings. The summed E-state index contributed by atoms with van der Waals surface area (Å²) in [6.45, 7) is -0.204. The fourth-order valence-corrected chi connectivity index (χ4v) is 2.42. The summed E-state index contributed by atoms with van der Waals surface area (Å²) in [6.07, 6.45) is 0. The van der Waals surface area contributed by atoms with Crippen LogP contribution in [-0.2, 0) is 16.1 Å². The van der Waals surface area contributed by atoms with Crippen LogP contribution in [0, 0.1) is 0 Å². The molecule has 2 rings (SSSR count). The fraction of sp³-hybridized carbons (Fsp3) is 0.154. The molecular weight excluding hydrogens is 320 g/mol. The highest BCUT2D eigenvalue weighted by Gasteiger charge is 2.14. The molecule has 0 aliphatic carbocycles. The normalized spacial score (nSPS) is 10.3. The van der Waals surface area contributed by atoms with Gasteiger partial charge in [-0.05, 0) is 12.1 Å². The number of aromatic nitrogens is 3. The maximum atomic E-state index is 12.2. The lowest BCUT2D eigenvalue weighted by molar-refractivity contribution is -0.115. The Labute approximate surface area is 135 Å². The maximum absolute atomic E-state index is 12.2. The van der Waals surface area contributed by atoms with Crippen LogP contribution in [0.1, 0.15) is 16.2 Å². The average molecular weight is 334 g/mol. The van der Waals surface area contributed by atoms with E-state index in [2.05, 4.69) is 15.0 Å². The molecule has 0 unspecified atom stereocenters. The van der Waals surface area contributed by atoms with Crippen molar-refractivity contribution in [2.24, 2.45) is 5.73 Å². The van der Waals surface area contributed by atoms with E-state index in [4.69, 9.17) is 21.9 Å². The number of hydrogen-bond acceptors (Lipinski definition) is 9. The number of nitrogen functional groups attached to an aromatic ring is 2. The van der Waals surface area contributed by atoms with Gasteiger partial charge in [-0.1, -0.05) is 12.1 Å². The summed E-state index contributed by atoms with van der Waals surface area (Å²) in [5.41, 5.74) is 16.3. The van der Waals surface area contributed by atoms with Gasteiger partial charge < -0.3 is 21.9 Å². The quantitative estimate of drug-likeness (QED) is 0.486. The molecule has 120 valence electrons. The van der Waals surface area contributed by atoms with Crippen molar-refractivity contribution in [3.63, 3.8) is 0 Å². The first-order chi connectivity index (χ1) is 11.0. The van der Waals surface area contributed by atoms with Crippen LogP contribution in [0.5, 0.6) is 0 Å². The number of primary amides is 1. The third-order valence-corrected chi connectivity index (χ3v) is 3.62. The second-order valence-corrected chi connectivity index (χ2v) is 5.31. The summed E-state index contributed by atoms with van der Waals surface area (Å²) in [5, 5.41) is 0. The van der Waals surface area contributed by atoms with E-state index in [0.29, 0.717) is 10.5 Å². The van der Waals surface area contributed by atoms with Gasteiger partial charge in [0.05, 0.1) is 11.3 Å². The number of benzene rings is 1. The van der Waals surface area contributed by atoms with E-state index >= 15 is 0 Å². The van der Waals surface area contributed by atoms with Crippen LogP contribution in [0.3, 0.4) is 0 Å². The number of hydrogen-bond donors (Lipinski definition) is 3. The monoisotopic (exact) mass is 334 g/mol. The largest absolute Gasteiger partial charge is 0.454 e. The molecule has 1 aromatic carbocycles. The first-order valence-electron chi connectivity index (χ1n) is 6.39. The van der Waals surface area contributed by atoms with Crippen molar-refractivity contribution in [2.45, 2.75) is 11.5 Å². The minimum absolute atomic E-state index is 0.0547. The molecule has 2 aromatic rings.